The molecule has 2 fully saturated rings. The molecule has 0 radical (unpaired) electrons. The van der Waals surface area contributed by atoms with Crippen molar-refractivity contribution in [3.05, 3.63) is 22.9 Å². The zero-order chi connectivity index (χ0) is 19.2. The largest absolute Gasteiger partial charge is 0.481 e. The average molecular weight is 361 g/mol. The summed E-state index contributed by atoms with van der Waals surface area (Å²) in [5.41, 5.74) is 1.02. The summed E-state index contributed by atoms with van der Waals surface area (Å²) in [6.45, 7) is 4.56. The molecule has 0 bridgehead atoms. The van der Waals surface area contributed by atoms with Crippen LogP contribution in [0.25, 0.3) is 0 Å². The predicted molar refractivity (Wildman–Crippen MR) is 93.4 cm³/mol. The number of anilines is 1. The van der Waals surface area contributed by atoms with Crippen LogP contribution >= 0.6 is 0 Å². The molecule has 140 valence electrons. The fourth-order valence-electron chi connectivity index (χ4n) is 4.18. The second-order valence-electron chi connectivity index (χ2n) is 7.21. The van der Waals surface area contributed by atoms with Gasteiger partial charge in [-0.2, -0.15) is 0 Å². The van der Waals surface area contributed by atoms with Crippen molar-refractivity contribution in [3.8, 4) is 0 Å². The first-order valence-corrected chi connectivity index (χ1v) is 8.63. The zero-order valence-electron chi connectivity index (χ0n) is 15.2. The molecule has 1 unspecified atom stereocenters. The number of rotatable bonds is 3. The molecule has 2 N–H and O–H groups in total. The van der Waals surface area contributed by atoms with Gasteiger partial charge in [-0.05, 0) is 38.3 Å². The number of amides is 1. The number of pyridine rings is 1. The normalized spacial score (nSPS) is 22.1. The number of carbonyl (C=O) groups excluding carboxylic acids is 1. The number of carboxylic acid groups (broad SMARTS) is 2. The molecule has 2 aliphatic heterocycles. The van der Waals surface area contributed by atoms with E-state index in [1.165, 1.54) is 0 Å². The van der Waals surface area contributed by atoms with Gasteiger partial charge in [0.1, 0.15) is 11.4 Å². The number of likely N-dealkylation sites (tertiary alicyclic amines) is 1. The second kappa shape index (κ2) is 6.26. The Bertz CT molecular complexity index is 783. The van der Waals surface area contributed by atoms with E-state index in [0.717, 1.165) is 11.3 Å². The number of aliphatic carboxylic acids is 1. The molecular weight excluding hydrogens is 338 g/mol. The van der Waals surface area contributed by atoms with Crippen LogP contribution in [0.5, 0.6) is 0 Å². The van der Waals surface area contributed by atoms with Crippen LogP contribution in [0.2, 0.25) is 0 Å². The number of hydrogen-bond acceptors (Lipinski definition) is 5. The highest BCUT2D eigenvalue weighted by molar-refractivity contribution is 5.94. The molecule has 1 atom stereocenters. The van der Waals surface area contributed by atoms with E-state index in [4.69, 9.17) is 0 Å². The minimum atomic E-state index is -1.03. The summed E-state index contributed by atoms with van der Waals surface area (Å²) >= 11 is 0. The maximum Gasteiger partial charge on any atom is 0.339 e. The Balaban J connectivity index is 1.89. The van der Waals surface area contributed by atoms with E-state index in [0.29, 0.717) is 31.7 Å². The Morgan fingerprint density at radius 3 is 2.38 bits per heavy atom. The molecule has 1 aromatic rings. The highest BCUT2D eigenvalue weighted by Gasteiger charge is 2.55. The minimum absolute atomic E-state index is 0.0219. The standard InChI is InChI=1S/C18H23N3O5/c1-10-8-12(16(23)24)15(19-11(10)2)21-6-4-18(5-7-21)13(17(25)26)9-14(22)20(18)3/h8,13H,4-7,9H2,1-3H3,(H,23,24)(H,25,26). The van der Waals surface area contributed by atoms with Gasteiger partial charge in [-0.1, -0.05) is 0 Å². The molecule has 0 aliphatic carbocycles. The minimum Gasteiger partial charge on any atom is -0.481 e. The van der Waals surface area contributed by atoms with E-state index in [1.54, 1.807) is 18.0 Å². The van der Waals surface area contributed by atoms with Crippen molar-refractivity contribution in [1.29, 1.82) is 0 Å². The summed E-state index contributed by atoms with van der Waals surface area (Å²) in [7, 11) is 1.66. The fraction of sp³-hybridized carbons (Fsp3) is 0.556. The first-order chi connectivity index (χ1) is 12.2. The van der Waals surface area contributed by atoms with Crippen LogP contribution < -0.4 is 4.90 Å². The Hall–Kier alpha value is -2.64. The van der Waals surface area contributed by atoms with Crippen LogP contribution in [0, 0.1) is 19.8 Å². The van der Waals surface area contributed by atoms with Crippen LogP contribution in [0.15, 0.2) is 6.07 Å². The third-order valence-corrected chi connectivity index (χ3v) is 5.97. The van der Waals surface area contributed by atoms with Gasteiger partial charge in [-0.25, -0.2) is 9.78 Å². The highest BCUT2D eigenvalue weighted by atomic mass is 16.4. The van der Waals surface area contributed by atoms with Gasteiger partial charge < -0.3 is 20.0 Å². The summed E-state index contributed by atoms with van der Waals surface area (Å²) in [4.78, 5) is 43.3. The van der Waals surface area contributed by atoms with Crippen LogP contribution in [0.3, 0.4) is 0 Å². The third-order valence-electron chi connectivity index (χ3n) is 5.97. The van der Waals surface area contributed by atoms with Gasteiger partial charge in [0.2, 0.25) is 5.91 Å². The van der Waals surface area contributed by atoms with Crippen LogP contribution in [-0.2, 0) is 9.59 Å². The molecule has 3 heterocycles. The van der Waals surface area contributed by atoms with E-state index in [-0.39, 0.29) is 17.9 Å². The zero-order valence-corrected chi connectivity index (χ0v) is 15.2. The molecule has 8 nitrogen and oxygen atoms in total. The van der Waals surface area contributed by atoms with Gasteiger partial charge >= 0.3 is 11.9 Å². The Morgan fingerprint density at radius 1 is 1.23 bits per heavy atom. The molecule has 1 amide bonds. The number of piperidine rings is 1. The second-order valence-corrected chi connectivity index (χ2v) is 7.21. The van der Waals surface area contributed by atoms with Crippen molar-refractivity contribution in [3.63, 3.8) is 0 Å². The van der Waals surface area contributed by atoms with Gasteiger partial charge in [-0.3, -0.25) is 9.59 Å². The van der Waals surface area contributed by atoms with Crippen molar-refractivity contribution in [1.82, 2.24) is 9.88 Å². The van der Waals surface area contributed by atoms with Gasteiger partial charge in [0, 0.05) is 32.3 Å². The topological polar surface area (TPSA) is 111 Å². The van der Waals surface area contributed by atoms with Gasteiger partial charge in [-0.15, -0.1) is 0 Å². The monoisotopic (exact) mass is 361 g/mol. The lowest BCUT2D eigenvalue weighted by molar-refractivity contribution is -0.145. The van der Waals surface area contributed by atoms with E-state index in [9.17, 15) is 24.6 Å². The summed E-state index contributed by atoms with van der Waals surface area (Å²) < 4.78 is 0. The van der Waals surface area contributed by atoms with Gasteiger partial charge in [0.05, 0.1) is 11.5 Å². The average Bonchev–Trinajstić information content (AvgIpc) is 2.83. The number of aromatic nitrogens is 1. The first-order valence-electron chi connectivity index (χ1n) is 8.63. The molecule has 8 heteroatoms. The first kappa shape index (κ1) is 18.2. The molecule has 0 saturated carbocycles. The lowest BCUT2D eigenvalue weighted by atomic mass is 9.77. The highest BCUT2D eigenvalue weighted by Crippen LogP contribution is 2.43. The molecule has 2 aliphatic rings. The molecular formula is C18H23N3O5. The quantitative estimate of drug-likeness (QED) is 0.834. The number of carboxylic acids is 2. The lowest BCUT2D eigenvalue weighted by Crippen LogP contribution is -2.56. The van der Waals surface area contributed by atoms with Crippen molar-refractivity contribution in [2.75, 3.05) is 25.0 Å². The van der Waals surface area contributed by atoms with E-state index in [1.807, 2.05) is 18.7 Å². The Labute approximate surface area is 151 Å². The van der Waals surface area contributed by atoms with Crippen LogP contribution in [0.1, 0.15) is 40.9 Å². The Morgan fingerprint density at radius 2 is 1.85 bits per heavy atom. The third kappa shape index (κ3) is 2.69. The van der Waals surface area contributed by atoms with Crippen LogP contribution in [-0.4, -0.2) is 63.6 Å². The fourth-order valence-corrected chi connectivity index (χ4v) is 4.18. The summed E-state index contributed by atoms with van der Waals surface area (Å²) in [6.07, 6.45) is 0.966. The summed E-state index contributed by atoms with van der Waals surface area (Å²) in [5, 5.41) is 19.1. The lowest BCUT2D eigenvalue weighted by Gasteiger charge is -2.46. The number of hydrogen-bond donors (Lipinski definition) is 2. The van der Waals surface area contributed by atoms with Crippen molar-refractivity contribution >= 4 is 23.7 Å². The Kier molecular flexibility index (Phi) is 4.37. The van der Waals surface area contributed by atoms with Crippen molar-refractivity contribution < 1.29 is 24.6 Å². The van der Waals surface area contributed by atoms with Crippen LogP contribution in [0.4, 0.5) is 5.82 Å². The number of aromatic carboxylic acids is 1. The van der Waals surface area contributed by atoms with E-state index in [2.05, 4.69) is 4.98 Å². The van der Waals surface area contributed by atoms with Crippen molar-refractivity contribution in [2.24, 2.45) is 5.92 Å². The van der Waals surface area contributed by atoms with E-state index < -0.39 is 23.4 Å². The summed E-state index contributed by atoms with van der Waals surface area (Å²) in [6, 6.07) is 1.62. The van der Waals surface area contributed by atoms with E-state index >= 15 is 0 Å². The molecule has 1 aromatic heterocycles. The van der Waals surface area contributed by atoms with Crippen molar-refractivity contribution in [2.45, 2.75) is 38.6 Å². The number of aryl methyl sites for hydroxylation is 2. The molecule has 2 saturated heterocycles. The molecule has 1 spiro atoms. The molecule has 3 rings (SSSR count). The SMILES string of the molecule is Cc1cc(C(=O)O)c(N2CCC3(CC2)C(C(=O)O)CC(=O)N3C)nc1C. The summed E-state index contributed by atoms with van der Waals surface area (Å²) in [5.74, 6) is -2.45. The smallest absolute Gasteiger partial charge is 0.339 e. The predicted octanol–water partition coefficient (Wildman–Crippen LogP) is 1.30. The number of carbonyl (C=O) groups is 3. The maximum atomic E-state index is 12.1. The maximum absolute atomic E-state index is 12.1. The number of nitrogens with zero attached hydrogens (tertiary/aromatic N) is 3. The molecule has 0 aromatic carbocycles. The van der Waals surface area contributed by atoms with Gasteiger partial charge in [0.15, 0.2) is 0 Å². The van der Waals surface area contributed by atoms with Gasteiger partial charge in [0.25, 0.3) is 0 Å². The molecule has 26 heavy (non-hydrogen) atoms.